The number of benzene rings is 1. The van der Waals surface area contributed by atoms with Gasteiger partial charge in [-0.2, -0.15) is 5.10 Å². The van der Waals surface area contributed by atoms with Crippen molar-refractivity contribution in [1.29, 1.82) is 0 Å². The second kappa shape index (κ2) is 7.53. The molecule has 1 N–H and O–H groups in total. The van der Waals surface area contributed by atoms with E-state index in [2.05, 4.69) is 9.82 Å². The van der Waals surface area contributed by atoms with E-state index >= 15 is 0 Å². The van der Waals surface area contributed by atoms with Crippen LogP contribution in [0.25, 0.3) is 0 Å². The van der Waals surface area contributed by atoms with Gasteiger partial charge in [0.1, 0.15) is 10.6 Å². The molecule has 0 fully saturated rings. The monoisotopic (exact) mass is 377 g/mol. The van der Waals surface area contributed by atoms with E-state index in [1.807, 2.05) is 6.92 Å². The predicted octanol–water partition coefficient (Wildman–Crippen LogP) is 3.09. The number of aromatic nitrogens is 2. The van der Waals surface area contributed by atoms with E-state index in [1.165, 1.54) is 19.2 Å². The Morgan fingerprint density at radius 1 is 1.30 bits per heavy atom. The topological polar surface area (TPSA) is 73.2 Å². The van der Waals surface area contributed by atoms with E-state index in [1.54, 1.807) is 17.1 Å². The van der Waals surface area contributed by atoms with E-state index in [0.29, 0.717) is 5.75 Å². The van der Waals surface area contributed by atoms with Gasteiger partial charge in [0.05, 0.1) is 23.4 Å². The van der Waals surface area contributed by atoms with Crippen molar-refractivity contribution in [3.05, 3.63) is 40.1 Å². The molecule has 23 heavy (non-hydrogen) atoms. The van der Waals surface area contributed by atoms with Crippen molar-refractivity contribution in [1.82, 2.24) is 14.5 Å². The summed E-state index contributed by atoms with van der Waals surface area (Å²) in [5, 5.41) is 4.37. The molecular weight excluding hydrogens is 361 g/mol. The number of nitrogens with zero attached hydrogens (tertiary/aromatic N) is 2. The van der Waals surface area contributed by atoms with Crippen molar-refractivity contribution in [2.45, 2.75) is 31.3 Å². The van der Waals surface area contributed by atoms with Crippen LogP contribution < -0.4 is 9.46 Å². The molecular formula is C14H17Cl2N3O3S. The zero-order chi connectivity index (χ0) is 17.0. The van der Waals surface area contributed by atoms with E-state index in [0.717, 1.165) is 18.5 Å². The van der Waals surface area contributed by atoms with Gasteiger partial charge in [-0.25, -0.2) is 13.1 Å². The van der Waals surface area contributed by atoms with Crippen molar-refractivity contribution < 1.29 is 13.2 Å². The fourth-order valence-corrected chi connectivity index (χ4v) is 3.84. The minimum absolute atomic E-state index is 0.0421. The predicted molar refractivity (Wildman–Crippen MR) is 89.6 cm³/mol. The number of rotatable bonds is 7. The first-order valence-electron chi connectivity index (χ1n) is 6.91. The molecule has 0 aliphatic heterocycles. The lowest BCUT2D eigenvalue weighted by Crippen LogP contribution is -2.23. The van der Waals surface area contributed by atoms with Crippen molar-refractivity contribution in [2.24, 2.45) is 0 Å². The molecule has 0 unspecified atom stereocenters. The fraction of sp³-hybridized carbons (Fsp3) is 0.357. The second-order valence-corrected chi connectivity index (χ2v) is 7.40. The highest BCUT2D eigenvalue weighted by Crippen LogP contribution is 2.33. The molecule has 0 amide bonds. The third-order valence-electron chi connectivity index (χ3n) is 3.10. The number of nitrogens with one attached hydrogen (secondary N) is 1. The molecule has 0 atom stereocenters. The zero-order valence-electron chi connectivity index (χ0n) is 12.7. The van der Waals surface area contributed by atoms with Crippen LogP contribution in [0.5, 0.6) is 5.75 Å². The molecule has 1 aromatic carbocycles. The second-order valence-electron chi connectivity index (χ2n) is 4.85. The maximum atomic E-state index is 12.4. The number of hydrogen-bond acceptors (Lipinski definition) is 4. The molecule has 0 aliphatic rings. The summed E-state index contributed by atoms with van der Waals surface area (Å²) >= 11 is 12.0. The van der Waals surface area contributed by atoms with Crippen molar-refractivity contribution in [2.75, 3.05) is 7.11 Å². The van der Waals surface area contributed by atoms with Gasteiger partial charge in [0.25, 0.3) is 0 Å². The third-order valence-corrected chi connectivity index (χ3v) is 5.26. The van der Waals surface area contributed by atoms with Crippen LogP contribution in [0.2, 0.25) is 10.0 Å². The van der Waals surface area contributed by atoms with Gasteiger partial charge in [-0.15, -0.1) is 0 Å². The Kier molecular flexibility index (Phi) is 5.91. The number of ether oxygens (including phenoxy) is 1. The van der Waals surface area contributed by atoms with Crippen LogP contribution in [0.15, 0.2) is 29.4 Å². The van der Waals surface area contributed by atoms with Gasteiger partial charge in [0.2, 0.25) is 10.0 Å². The number of halogens is 2. The van der Waals surface area contributed by atoms with Crippen molar-refractivity contribution in [3.63, 3.8) is 0 Å². The summed E-state index contributed by atoms with van der Waals surface area (Å²) in [6.07, 6.45) is 4.38. The third kappa shape index (κ3) is 4.38. The van der Waals surface area contributed by atoms with Crippen LogP contribution >= 0.6 is 23.2 Å². The Bertz CT molecular complexity index is 791. The summed E-state index contributed by atoms with van der Waals surface area (Å²) in [5.41, 5.74) is 0.762. The van der Waals surface area contributed by atoms with Gasteiger partial charge in [0, 0.05) is 30.9 Å². The number of methoxy groups -OCH3 is 1. The van der Waals surface area contributed by atoms with Crippen LogP contribution in [0.1, 0.15) is 18.9 Å². The maximum absolute atomic E-state index is 12.4. The zero-order valence-corrected chi connectivity index (χ0v) is 15.0. The first-order chi connectivity index (χ1) is 10.9. The average Bonchev–Trinajstić information content (AvgIpc) is 2.95. The van der Waals surface area contributed by atoms with Gasteiger partial charge >= 0.3 is 0 Å². The minimum atomic E-state index is -3.80. The van der Waals surface area contributed by atoms with Crippen LogP contribution in [0, 0.1) is 0 Å². The molecule has 0 aliphatic carbocycles. The molecule has 0 bridgehead atoms. The van der Waals surface area contributed by atoms with Gasteiger partial charge < -0.3 is 4.74 Å². The molecule has 2 rings (SSSR count). The lowest BCUT2D eigenvalue weighted by Gasteiger charge is -2.10. The number of aryl methyl sites for hydroxylation is 1. The van der Waals surface area contributed by atoms with E-state index in [4.69, 9.17) is 27.9 Å². The summed E-state index contributed by atoms with van der Waals surface area (Å²) in [7, 11) is -2.37. The Hall–Kier alpha value is -1.28. The van der Waals surface area contributed by atoms with Gasteiger partial charge in [-0.3, -0.25) is 4.68 Å². The quantitative estimate of drug-likeness (QED) is 0.804. The molecule has 0 spiro atoms. The molecule has 1 heterocycles. The highest BCUT2D eigenvalue weighted by molar-refractivity contribution is 7.89. The van der Waals surface area contributed by atoms with Gasteiger partial charge in [-0.05, 0) is 12.5 Å². The SMILES string of the molecule is CCCn1cc(CNS(=O)(=O)c2cc(Cl)c(OC)cc2Cl)cn1. The Balaban J connectivity index is 2.16. The standard InChI is InChI=1S/C14H17Cl2N3O3S/c1-3-4-19-9-10(7-17-19)8-18-23(20,21)14-6-11(15)13(22-2)5-12(14)16/h5-7,9,18H,3-4,8H2,1-2H3. The van der Waals surface area contributed by atoms with Crippen LogP contribution in [0.4, 0.5) is 0 Å². The minimum Gasteiger partial charge on any atom is -0.495 e. The summed E-state index contributed by atoms with van der Waals surface area (Å²) in [4.78, 5) is -0.0917. The summed E-state index contributed by atoms with van der Waals surface area (Å²) in [6.45, 7) is 2.94. The average molecular weight is 378 g/mol. The van der Waals surface area contributed by atoms with Gasteiger partial charge in [-0.1, -0.05) is 30.1 Å². The first kappa shape index (κ1) is 18.1. The van der Waals surface area contributed by atoms with Crippen molar-refractivity contribution in [3.8, 4) is 5.75 Å². The molecule has 9 heteroatoms. The smallest absolute Gasteiger partial charge is 0.242 e. The number of sulfonamides is 1. The summed E-state index contributed by atoms with van der Waals surface area (Å²) in [5.74, 6) is 0.316. The van der Waals surface area contributed by atoms with E-state index in [9.17, 15) is 8.42 Å². The summed E-state index contributed by atoms with van der Waals surface area (Å²) in [6, 6.07) is 2.64. The summed E-state index contributed by atoms with van der Waals surface area (Å²) < 4.78 is 34.0. The van der Waals surface area contributed by atoms with Crippen molar-refractivity contribution >= 4 is 33.2 Å². The Labute approximate surface area is 145 Å². The fourth-order valence-electron chi connectivity index (χ4n) is 1.98. The maximum Gasteiger partial charge on any atom is 0.242 e. The number of hydrogen-bond donors (Lipinski definition) is 1. The lowest BCUT2D eigenvalue weighted by atomic mass is 10.3. The van der Waals surface area contributed by atoms with Crippen LogP contribution in [-0.4, -0.2) is 25.3 Å². The molecule has 6 nitrogen and oxygen atoms in total. The Morgan fingerprint density at radius 3 is 2.70 bits per heavy atom. The van der Waals surface area contributed by atoms with E-state index in [-0.39, 0.29) is 21.5 Å². The molecule has 0 radical (unpaired) electrons. The highest BCUT2D eigenvalue weighted by Gasteiger charge is 2.20. The first-order valence-corrected chi connectivity index (χ1v) is 9.15. The molecule has 0 saturated heterocycles. The van der Waals surface area contributed by atoms with Crippen LogP contribution in [0.3, 0.4) is 0 Å². The molecule has 126 valence electrons. The largest absolute Gasteiger partial charge is 0.495 e. The lowest BCUT2D eigenvalue weighted by molar-refractivity contribution is 0.414. The van der Waals surface area contributed by atoms with E-state index < -0.39 is 10.0 Å². The molecule has 2 aromatic rings. The van der Waals surface area contributed by atoms with Gasteiger partial charge in [0.15, 0.2) is 0 Å². The Morgan fingerprint density at radius 2 is 2.04 bits per heavy atom. The molecule has 1 aromatic heterocycles. The normalized spacial score (nSPS) is 11.7. The van der Waals surface area contributed by atoms with Crippen LogP contribution in [-0.2, 0) is 23.1 Å². The highest BCUT2D eigenvalue weighted by atomic mass is 35.5. The molecule has 0 saturated carbocycles.